The molecule has 0 aliphatic heterocycles. The first kappa shape index (κ1) is 15.8. The van der Waals surface area contributed by atoms with Crippen LogP contribution in [0.2, 0.25) is 10.0 Å². The number of nitrogens with one attached hydrogen (secondary N) is 2. The average molecular weight is 303 g/mol. The standard InChI is InChI=1S/C13H16Cl2N2O2/c1-13(2,3)17-10(18)7-16-12(19)8-5-4-6-9(14)11(8)15/h4-6H,7H2,1-3H3,(H,16,19)(H,17,18). The van der Waals surface area contributed by atoms with E-state index in [1.54, 1.807) is 18.2 Å². The van der Waals surface area contributed by atoms with Crippen LogP contribution in [0.25, 0.3) is 0 Å². The number of carbonyl (C=O) groups is 2. The van der Waals surface area contributed by atoms with E-state index in [1.165, 1.54) is 0 Å². The van der Waals surface area contributed by atoms with Crippen molar-refractivity contribution in [2.45, 2.75) is 26.3 Å². The summed E-state index contributed by atoms with van der Waals surface area (Å²) >= 11 is 11.7. The smallest absolute Gasteiger partial charge is 0.253 e. The van der Waals surface area contributed by atoms with E-state index >= 15 is 0 Å². The van der Waals surface area contributed by atoms with Gasteiger partial charge in [0.05, 0.1) is 22.2 Å². The van der Waals surface area contributed by atoms with Crippen LogP contribution < -0.4 is 10.6 Å². The number of amides is 2. The zero-order chi connectivity index (χ0) is 14.6. The quantitative estimate of drug-likeness (QED) is 0.902. The van der Waals surface area contributed by atoms with Crippen LogP contribution in [-0.4, -0.2) is 23.9 Å². The van der Waals surface area contributed by atoms with Crippen LogP contribution in [0, 0.1) is 0 Å². The van der Waals surface area contributed by atoms with Gasteiger partial charge < -0.3 is 10.6 Å². The van der Waals surface area contributed by atoms with Crippen molar-refractivity contribution >= 4 is 35.0 Å². The maximum Gasteiger partial charge on any atom is 0.253 e. The fourth-order valence-corrected chi connectivity index (χ4v) is 1.78. The van der Waals surface area contributed by atoms with Gasteiger partial charge in [0.25, 0.3) is 5.91 Å². The van der Waals surface area contributed by atoms with Crippen molar-refractivity contribution in [3.05, 3.63) is 33.8 Å². The molecule has 104 valence electrons. The normalized spacial score (nSPS) is 11.0. The second-order valence-electron chi connectivity index (χ2n) is 5.08. The second kappa shape index (κ2) is 6.26. The Labute approximate surface area is 122 Å². The molecule has 0 saturated carbocycles. The largest absolute Gasteiger partial charge is 0.350 e. The highest BCUT2D eigenvalue weighted by atomic mass is 35.5. The molecule has 6 heteroatoms. The molecule has 0 aromatic heterocycles. The highest BCUT2D eigenvalue weighted by Gasteiger charge is 2.16. The summed E-state index contributed by atoms with van der Waals surface area (Å²) in [5.74, 6) is -0.699. The zero-order valence-corrected chi connectivity index (χ0v) is 12.5. The van der Waals surface area contributed by atoms with E-state index in [0.29, 0.717) is 5.02 Å². The van der Waals surface area contributed by atoms with Crippen molar-refractivity contribution in [2.75, 3.05) is 6.54 Å². The van der Waals surface area contributed by atoms with Gasteiger partial charge in [0.15, 0.2) is 0 Å². The zero-order valence-electron chi connectivity index (χ0n) is 11.0. The van der Waals surface area contributed by atoms with Gasteiger partial charge in [-0.25, -0.2) is 0 Å². The number of hydrogen-bond donors (Lipinski definition) is 2. The van der Waals surface area contributed by atoms with Gasteiger partial charge in [0.2, 0.25) is 5.91 Å². The molecule has 1 aromatic carbocycles. The van der Waals surface area contributed by atoms with Crippen LogP contribution in [-0.2, 0) is 4.79 Å². The maximum absolute atomic E-state index is 11.9. The summed E-state index contributed by atoms with van der Waals surface area (Å²) in [6.07, 6.45) is 0. The lowest BCUT2D eigenvalue weighted by molar-refractivity contribution is -0.121. The molecular formula is C13H16Cl2N2O2. The molecule has 0 aliphatic carbocycles. The number of benzene rings is 1. The summed E-state index contributed by atoms with van der Waals surface area (Å²) in [6, 6.07) is 4.76. The molecule has 0 fully saturated rings. The highest BCUT2D eigenvalue weighted by molar-refractivity contribution is 6.43. The first-order valence-electron chi connectivity index (χ1n) is 5.74. The molecule has 0 unspecified atom stereocenters. The van der Waals surface area contributed by atoms with Crippen LogP contribution in [0.15, 0.2) is 18.2 Å². The number of halogens is 2. The molecule has 0 saturated heterocycles. The third kappa shape index (κ3) is 5.09. The summed E-state index contributed by atoms with van der Waals surface area (Å²) in [6.45, 7) is 5.47. The van der Waals surface area contributed by atoms with E-state index in [-0.39, 0.29) is 28.6 Å². The van der Waals surface area contributed by atoms with E-state index in [2.05, 4.69) is 10.6 Å². The minimum atomic E-state index is -0.434. The van der Waals surface area contributed by atoms with Crippen LogP contribution in [0.1, 0.15) is 31.1 Å². The number of rotatable bonds is 3. The molecular weight excluding hydrogens is 287 g/mol. The van der Waals surface area contributed by atoms with Gasteiger partial charge in [-0.3, -0.25) is 9.59 Å². The molecule has 2 N–H and O–H groups in total. The highest BCUT2D eigenvalue weighted by Crippen LogP contribution is 2.25. The Kier molecular flexibility index (Phi) is 5.20. The van der Waals surface area contributed by atoms with Gasteiger partial charge in [0.1, 0.15) is 0 Å². The minimum Gasteiger partial charge on any atom is -0.350 e. The van der Waals surface area contributed by atoms with E-state index < -0.39 is 5.91 Å². The molecule has 1 aromatic rings. The third-order valence-electron chi connectivity index (χ3n) is 2.12. The molecule has 0 spiro atoms. The van der Waals surface area contributed by atoms with Gasteiger partial charge in [-0.1, -0.05) is 29.3 Å². The van der Waals surface area contributed by atoms with Crippen molar-refractivity contribution in [1.29, 1.82) is 0 Å². The van der Waals surface area contributed by atoms with E-state index in [1.807, 2.05) is 20.8 Å². The fourth-order valence-electron chi connectivity index (χ4n) is 1.40. The summed E-state index contributed by atoms with van der Waals surface area (Å²) < 4.78 is 0. The van der Waals surface area contributed by atoms with E-state index in [0.717, 1.165) is 0 Å². The Morgan fingerprint density at radius 1 is 1.21 bits per heavy atom. The Balaban J connectivity index is 2.61. The van der Waals surface area contributed by atoms with Crippen molar-refractivity contribution in [1.82, 2.24) is 10.6 Å². The van der Waals surface area contributed by atoms with E-state index in [9.17, 15) is 9.59 Å². The van der Waals surface area contributed by atoms with Crippen molar-refractivity contribution in [2.24, 2.45) is 0 Å². The summed E-state index contributed by atoms with van der Waals surface area (Å²) in [4.78, 5) is 23.4. The van der Waals surface area contributed by atoms with Gasteiger partial charge in [-0.2, -0.15) is 0 Å². The first-order valence-corrected chi connectivity index (χ1v) is 6.49. The molecule has 1 rings (SSSR count). The third-order valence-corrected chi connectivity index (χ3v) is 2.94. The lowest BCUT2D eigenvalue weighted by Crippen LogP contribution is -2.45. The van der Waals surface area contributed by atoms with Gasteiger partial charge in [-0.05, 0) is 32.9 Å². The number of carbonyl (C=O) groups excluding carboxylic acids is 2. The lowest BCUT2D eigenvalue weighted by atomic mass is 10.1. The Morgan fingerprint density at radius 2 is 1.84 bits per heavy atom. The molecule has 0 bridgehead atoms. The predicted molar refractivity (Wildman–Crippen MR) is 76.7 cm³/mol. The van der Waals surface area contributed by atoms with Crippen LogP contribution >= 0.6 is 23.2 Å². The molecule has 4 nitrogen and oxygen atoms in total. The Bertz CT molecular complexity index is 496. The predicted octanol–water partition coefficient (Wildman–Crippen LogP) is 2.64. The molecule has 2 amide bonds. The van der Waals surface area contributed by atoms with Crippen LogP contribution in [0.3, 0.4) is 0 Å². The van der Waals surface area contributed by atoms with Gasteiger partial charge in [0, 0.05) is 5.54 Å². The van der Waals surface area contributed by atoms with Crippen LogP contribution in [0.5, 0.6) is 0 Å². The molecule has 19 heavy (non-hydrogen) atoms. The van der Waals surface area contributed by atoms with Gasteiger partial charge in [-0.15, -0.1) is 0 Å². The number of hydrogen-bond acceptors (Lipinski definition) is 2. The Morgan fingerprint density at radius 3 is 2.42 bits per heavy atom. The van der Waals surface area contributed by atoms with E-state index in [4.69, 9.17) is 23.2 Å². The summed E-state index contributed by atoms with van der Waals surface area (Å²) in [5.41, 5.74) is -0.0899. The van der Waals surface area contributed by atoms with Crippen molar-refractivity contribution in [3.63, 3.8) is 0 Å². The SMILES string of the molecule is CC(C)(C)NC(=O)CNC(=O)c1cccc(Cl)c1Cl. The molecule has 0 radical (unpaired) electrons. The van der Waals surface area contributed by atoms with Crippen molar-refractivity contribution in [3.8, 4) is 0 Å². The monoisotopic (exact) mass is 302 g/mol. The first-order chi connectivity index (χ1) is 8.70. The summed E-state index contributed by atoms with van der Waals surface area (Å²) in [5, 5.41) is 5.71. The molecule has 0 aliphatic rings. The molecule has 0 heterocycles. The van der Waals surface area contributed by atoms with Crippen molar-refractivity contribution < 1.29 is 9.59 Å². The summed E-state index contributed by atoms with van der Waals surface area (Å²) in [7, 11) is 0. The van der Waals surface area contributed by atoms with Crippen LogP contribution in [0.4, 0.5) is 0 Å². The second-order valence-corrected chi connectivity index (χ2v) is 5.87. The average Bonchev–Trinajstić information content (AvgIpc) is 2.27. The topological polar surface area (TPSA) is 58.2 Å². The van der Waals surface area contributed by atoms with Gasteiger partial charge >= 0.3 is 0 Å². The minimum absolute atomic E-state index is 0.112. The maximum atomic E-state index is 11.9. The fraction of sp³-hybridized carbons (Fsp3) is 0.385. The Hall–Kier alpha value is -1.26. The molecule has 0 atom stereocenters. The lowest BCUT2D eigenvalue weighted by Gasteiger charge is -2.20.